The maximum atomic E-state index is 14.9. The summed E-state index contributed by atoms with van der Waals surface area (Å²) in [7, 11) is 0. The summed E-state index contributed by atoms with van der Waals surface area (Å²) in [5.74, 6) is -8.16. The number of hydrogen-bond donors (Lipinski definition) is 2. The molecule has 2 heterocycles. The molecule has 16 heteroatoms. The number of imide groups is 1. The first-order valence-electron chi connectivity index (χ1n) is 13.7. The van der Waals surface area contributed by atoms with Crippen molar-refractivity contribution in [1.29, 1.82) is 0 Å². The van der Waals surface area contributed by atoms with Crippen molar-refractivity contribution in [2.45, 2.75) is 18.4 Å². The number of carbonyl (C=O) groups is 3. The van der Waals surface area contributed by atoms with Crippen LogP contribution in [0.5, 0.6) is 0 Å². The Morgan fingerprint density at radius 1 is 0.796 bits per heavy atom. The summed E-state index contributed by atoms with van der Waals surface area (Å²) in [6.45, 7) is 0. The molecule has 3 amide bonds. The number of halogens is 10. The van der Waals surface area contributed by atoms with Gasteiger partial charge in [0.15, 0.2) is 0 Å². The lowest BCUT2D eigenvalue weighted by molar-refractivity contribution is -0.138. The highest BCUT2D eigenvalue weighted by atomic mass is 35.5. The molecule has 1 aliphatic rings. The molecule has 4 aromatic carbocycles. The average Bonchev–Trinajstić information content (AvgIpc) is 3.37. The first-order valence-corrected chi connectivity index (χ1v) is 14.1. The Morgan fingerprint density at radius 2 is 1.51 bits per heavy atom. The van der Waals surface area contributed by atoms with Crippen molar-refractivity contribution in [2.24, 2.45) is 0 Å². The van der Waals surface area contributed by atoms with Gasteiger partial charge in [-0.15, -0.1) is 0 Å². The van der Waals surface area contributed by atoms with E-state index < -0.39 is 86.9 Å². The molecular weight excluding hydrogens is 693 g/mol. The second-order valence-corrected chi connectivity index (χ2v) is 11.2. The van der Waals surface area contributed by atoms with E-state index in [1.54, 1.807) is 5.32 Å². The number of alkyl halides is 6. The molecule has 1 aromatic heterocycles. The maximum absolute atomic E-state index is 14.9. The van der Waals surface area contributed by atoms with Gasteiger partial charge in [-0.2, -0.15) is 26.3 Å². The van der Waals surface area contributed by atoms with Gasteiger partial charge in [-0.05, 0) is 71.6 Å². The van der Waals surface area contributed by atoms with E-state index in [9.17, 15) is 53.9 Å². The molecule has 1 aliphatic heterocycles. The number of aromatic nitrogens is 1. The molecule has 250 valence electrons. The number of rotatable bonds is 4. The van der Waals surface area contributed by atoms with Crippen molar-refractivity contribution in [2.75, 3.05) is 0 Å². The molecule has 0 aliphatic carbocycles. The van der Waals surface area contributed by atoms with E-state index in [2.05, 4.69) is 10.3 Å². The van der Waals surface area contributed by atoms with Gasteiger partial charge in [0.2, 0.25) is 0 Å². The number of hydrogen-bond acceptors (Lipinski definition) is 4. The van der Waals surface area contributed by atoms with Gasteiger partial charge in [-0.3, -0.25) is 24.7 Å². The first-order chi connectivity index (χ1) is 22.9. The quantitative estimate of drug-likeness (QED) is 0.145. The molecule has 0 spiro atoms. The van der Waals surface area contributed by atoms with Crippen LogP contribution in [0.15, 0.2) is 73.1 Å². The van der Waals surface area contributed by atoms with Crippen molar-refractivity contribution >= 4 is 40.1 Å². The summed E-state index contributed by atoms with van der Waals surface area (Å²) < 4.78 is 127. The molecular formula is C33H15ClF9N3O3. The minimum Gasteiger partial charge on any atom is -0.341 e. The summed E-state index contributed by atoms with van der Waals surface area (Å²) in [5.41, 5.74) is -7.60. The molecule has 5 aromatic rings. The molecule has 1 atom stereocenters. The average molecular weight is 708 g/mol. The predicted octanol–water partition coefficient (Wildman–Crippen LogP) is 8.41. The van der Waals surface area contributed by atoms with Crippen molar-refractivity contribution < 1.29 is 53.9 Å². The number of benzene rings is 4. The van der Waals surface area contributed by atoms with Gasteiger partial charge in [0.25, 0.3) is 17.7 Å². The second-order valence-electron chi connectivity index (χ2n) is 10.8. The van der Waals surface area contributed by atoms with Crippen molar-refractivity contribution in [3.05, 3.63) is 134 Å². The van der Waals surface area contributed by atoms with Crippen LogP contribution in [0.3, 0.4) is 0 Å². The third-order valence-corrected chi connectivity index (χ3v) is 8.02. The van der Waals surface area contributed by atoms with Gasteiger partial charge in [0, 0.05) is 45.1 Å². The molecule has 0 radical (unpaired) electrons. The van der Waals surface area contributed by atoms with Crippen LogP contribution < -0.4 is 10.6 Å². The standard InChI is InChI=1S/C33H15ClF9N3O3/c34-24-2-1-16(35)9-19(24)28-26-20(7-13-3-4-44-12-22(13)27(26)31(49)45-28)25-21(10-18(37)11-23(25)33(41,42)43)30(48)46-29(47)14-5-15(32(38,39)40)8-17(36)6-14/h1-12,28H,(H,45,49)(H,46,47,48). The highest BCUT2D eigenvalue weighted by Crippen LogP contribution is 2.48. The molecule has 0 fully saturated rings. The van der Waals surface area contributed by atoms with E-state index in [4.69, 9.17) is 11.6 Å². The fourth-order valence-corrected chi connectivity index (χ4v) is 5.90. The highest BCUT2D eigenvalue weighted by Gasteiger charge is 2.42. The number of fused-ring (bicyclic) bond motifs is 3. The number of pyridine rings is 1. The third-order valence-electron chi connectivity index (χ3n) is 7.68. The zero-order chi connectivity index (χ0) is 35.6. The fraction of sp³-hybridized carbons (Fsp3) is 0.0909. The molecule has 6 nitrogen and oxygen atoms in total. The first kappa shape index (κ1) is 33.5. The summed E-state index contributed by atoms with van der Waals surface area (Å²) in [4.78, 5) is 43.8. The van der Waals surface area contributed by atoms with Gasteiger partial charge in [0.1, 0.15) is 17.5 Å². The molecule has 1 unspecified atom stereocenters. The van der Waals surface area contributed by atoms with Crippen molar-refractivity contribution in [3.8, 4) is 11.1 Å². The van der Waals surface area contributed by atoms with Crippen molar-refractivity contribution in [1.82, 2.24) is 15.6 Å². The van der Waals surface area contributed by atoms with E-state index in [0.29, 0.717) is 12.1 Å². The van der Waals surface area contributed by atoms with E-state index >= 15 is 0 Å². The lowest BCUT2D eigenvalue weighted by Crippen LogP contribution is -2.32. The maximum Gasteiger partial charge on any atom is 0.417 e. The van der Waals surface area contributed by atoms with Gasteiger partial charge in [-0.1, -0.05) is 11.6 Å². The van der Waals surface area contributed by atoms with Crippen LogP contribution in [0.25, 0.3) is 21.9 Å². The van der Waals surface area contributed by atoms with E-state index in [0.717, 1.165) is 24.3 Å². The van der Waals surface area contributed by atoms with Crippen LogP contribution in [0.1, 0.15) is 59.4 Å². The summed E-state index contributed by atoms with van der Waals surface area (Å²) in [6.07, 6.45) is -8.01. The Hall–Kier alpha value is -5.44. The fourth-order valence-electron chi connectivity index (χ4n) is 5.68. The Labute approximate surface area is 273 Å². The molecule has 0 saturated carbocycles. The number of nitrogens with zero attached hydrogens (tertiary/aromatic N) is 1. The molecule has 0 bridgehead atoms. The van der Waals surface area contributed by atoms with E-state index in [1.807, 2.05) is 0 Å². The Bertz CT molecular complexity index is 2240. The molecule has 6 rings (SSSR count). The van der Waals surface area contributed by atoms with Crippen LogP contribution in [0, 0.1) is 17.5 Å². The zero-order valence-electron chi connectivity index (χ0n) is 24.0. The van der Waals surface area contributed by atoms with Gasteiger partial charge < -0.3 is 5.32 Å². The van der Waals surface area contributed by atoms with Crippen LogP contribution >= 0.6 is 11.6 Å². The smallest absolute Gasteiger partial charge is 0.341 e. The minimum absolute atomic E-state index is 0.0631. The summed E-state index contributed by atoms with van der Waals surface area (Å²) >= 11 is 6.32. The third kappa shape index (κ3) is 6.17. The van der Waals surface area contributed by atoms with Gasteiger partial charge in [0.05, 0.1) is 28.3 Å². The van der Waals surface area contributed by atoms with Crippen LogP contribution in [0.2, 0.25) is 5.02 Å². The minimum atomic E-state index is -5.39. The van der Waals surface area contributed by atoms with Gasteiger partial charge >= 0.3 is 12.4 Å². The zero-order valence-corrected chi connectivity index (χ0v) is 24.7. The number of amides is 3. The summed E-state index contributed by atoms with van der Waals surface area (Å²) in [6, 6.07) is 5.13. The van der Waals surface area contributed by atoms with Crippen molar-refractivity contribution in [3.63, 3.8) is 0 Å². The topological polar surface area (TPSA) is 88.2 Å². The SMILES string of the molecule is O=C(NC(=O)c1cc(F)cc(C(F)(F)F)c1-c1cc2ccncc2c2c1C(c1cc(F)ccc1Cl)NC2=O)c1cc(F)cc(C(F)(F)F)c1. The Morgan fingerprint density at radius 3 is 2.20 bits per heavy atom. The normalized spacial score (nSPS) is 14.5. The van der Waals surface area contributed by atoms with E-state index in [-0.39, 0.29) is 50.7 Å². The van der Waals surface area contributed by atoms with Crippen LogP contribution in [-0.2, 0) is 12.4 Å². The number of nitrogens with one attached hydrogen (secondary N) is 2. The Balaban J connectivity index is 1.61. The Kier molecular flexibility index (Phi) is 8.13. The molecule has 0 saturated heterocycles. The van der Waals surface area contributed by atoms with E-state index in [1.165, 1.54) is 18.5 Å². The highest BCUT2D eigenvalue weighted by molar-refractivity contribution is 6.31. The second kappa shape index (κ2) is 11.9. The monoisotopic (exact) mass is 707 g/mol. The predicted molar refractivity (Wildman–Crippen MR) is 156 cm³/mol. The van der Waals surface area contributed by atoms with Crippen LogP contribution in [0.4, 0.5) is 39.5 Å². The molecule has 49 heavy (non-hydrogen) atoms. The summed E-state index contributed by atoms with van der Waals surface area (Å²) in [5, 5.41) is 4.30. The lowest BCUT2D eigenvalue weighted by atomic mass is 9.83. The molecule has 2 N–H and O–H groups in total. The van der Waals surface area contributed by atoms with Gasteiger partial charge in [-0.25, -0.2) is 13.2 Å². The van der Waals surface area contributed by atoms with Crippen LogP contribution in [-0.4, -0.2) is 22.7 Å². The number of carbonyl (C=O) groups excluding carboxylic acids is 3. The lowest BCUT2D eigenvalue weighted by Gasteiger charge is -2.23. The largest absolute Gasteiger partial charge is 0.417 e.